The second kappa shape index (κ2) is 5.26. The smallest absolute Gasteiger partial charge is 0.196 e. The minimum Gasteiger partial charge on any atom is -0.369 e. The average molecular weight is 293 g/mol. The Labute approximate surface area is 125 Å². The molecule has 2 aliphatic rings. The average Bonchev–Trinajstić information content (AvgIpc) is 2.78. The van der Waals surface area contributed by atoms with Gasteiger partial charge in [0.05, 0.1) is 12.1 Å². The van der Waals surface area contributed by atoms with E-state index in [1.54, 1.807) is 0 Å². The summed E-state index contributed by atoms with van der Waals surface area (Å²) in [4.78, 5) is 6.79. The van der Waals surface area contributed by atoms with E-state index in [0.29, 0.717) is 11.9 Å². The van der Waals surface area contributed by atoms with Crippen LogP contribution in [0.1, 0.15) is 19.8 Å². The molecule has 0 saturated carbocycles. The van der Waals surface area contributed by atoms with E-state index in [2.05, 4.69) is 22.1 Å². The number of benzene rings is 1. The molecule has 0 radical (unpaired) electrons. The number of hydrogen-bond acceptors (Lipinski definition) is 4. The first-order chi connectivity index (χ1) is 9.67. The quantitative estimate of drug-likeness (QED) is 0.879. The fourth-order valence-corrected chi connectivity index (χ4v) is 3.70. The Morgan fingerprint density at radius 3 is 2.90 bits per heavy atom. The summed E-state index contributed by atoms with van der Waals surface area (Å²) in [5.74, 6) is 1.18. The van der Waals surface area contributed by atoms with Gasteiger partial charge < -0.3 is 16.0 Å². The number of nitrogens with two attached hydrogens (primary N) is 1. The van der Waals surface area contributed by atoms with E-state index in [0.717, 1.165) is 43.2 Å². The van der Waals surface area contributed by atoms with Crippen LogP contribution < -0.4 is 16.0 Å². The molecule has 1 spiro atoms. The molecule has 108 valence electrons. The topological polar surface area (TPSA) is 53.6 Å². The summed E-state index contributed by atoms with van der Waals surface area (Å²) in [5, 5.41) is 4.24. The molecule has 0 aromatic heterocycles. The van der Waals surface area contributed by atoms with Gasteiger partial charge in [-0.15, -0.1) is 0 Å². The Balaban J connectivity index is 2.00. The van der Waals surface area contributed by atoms with E-state index >= 15 is 0 Å². The van der Waals surface area contributed by atoms with Crippen LogP contribution in [0.25, 0.3) is 0 Å². The number of guanidine groups is 1. The highest BCUT2D eigenvalue weighted by Gasteiger charge is 2.49. The molecule has 1 fully saturated rings. The molecule has 1 aromatic carbocycles. The first kappa shape index (κ1) is 13.7. The van der Waals surface area contributed by atoms with Crippen molar-refractivity contribution in [3.05, 3.63) is 29.3 Å². The molecule has 2 aliphatic heterocycles. The van der Waals surface area contributed by atoms with Crippen LogP contribution in [-0.4, -0.2) is 31.1 Å². The van der Waals surface area contributed by atoms with Gasteiger partial charge in [-0.3, -0.25) is 4.99 Å². The molecular formula is C15H21ClN4. The van der Waals surface area contributed by atoms with Crippen LogP contribution >= 0.6 is 11.6 Å². The highest BCUT2D eigenvalue weighted by molar-refractivity contribution is 6.30. The molecule has 1 aromatic rings. The summed E-state index contributed by atoms with van der Waals surface area (Å²) in [6, 6.07) is 7.90. The molecule has 2 heterocycles. The molecule has 0 amide bonds. The van der Waals surface area contributed by atoms with Crippen molar-refractivity contribution in [3.8, 4) is 0 Å². The summed E-state index contributed by atoms with van der Waals surface area (Å²) in [6.45, 7) is 5.09. The Kier molecular flexibility index (Phi) is 3.61. The third kappa shape index (κ3) is 2.07. The Morgan fingerprint density at radius 2 is 2.20 bits per heavy atom. The van der Waals surface area contributed by atoms with Gasteiger partial charge in [0.1, 0.15) is 0 Å². The number of nitrogens with zero attached hydrogens (tertiary/aromatic N) is 2. The maximum atomic E-state index is 6.19. The molecule has 5 heteroatoms. The van der Waals surface area contributed by atoms with Crippen molar-refractivity contribution in [2.75, 3.05) is 24.5 Å². The molecule has 3 N–H and O–H groups in total. The van der Waals surface area contributed by atoms with Gasteiger partial charge in [0.15, 0.2) is 5.96 Å². The van der Waals surface area contributed by atoms with Crippen molar-refractivity contribution >= 4 is 23.2 Å². The number of halogens is 1. The molecule has 1 saturated heterocycles. The van der Waals surface area contributed by atoms with Crippen molar-refractivity contribution in [2.24, 2.45) is 16.6 Å². The van der Waals surface area contributed by atoms with Crippen LogP contribution in [0, 0.1) is 5.92 Å². The summed E-state index contributed by atoms with van der Waals surface area (Å²) in [7, 11) is 0. The SMILES string of the molecule is CCC1CNCCC12CN=C(N)N2c1ccc(Cl)cc1. The van der Waals surface area contributed by atoms with E-state index in [1.807, 2.05) is 24.3 Å². The maximum Gasteiger partial charge on any atom is 0.196 e. The van der Waals surface area contributed by atoms with Gasteiger partial charge in [-0.05, 0) is 49.6 Å². The zero-order valence-corrected chi connectivity index (χ0v) is 12.5. The Morgan fingerprint density at radius 1 is 1.45 bits per heavy atom. The summed E-state index contributed by atoms with van der Waals surface area (Å²) in [6.07, 6.45) is 2.19. The van der Waals surface area contributed by atoms with Gasteiger partial charge in [-0.2, -0.15) is 0 Å². The van der Waals surface area contributed by atoms with Gasteiger partial charge in [0, 0.05) is 17.3 Å². The summed E-state index contributed by atoms with van der Waals surface area (Å²) < 4.78 is 0. The highest BCUT2D eigenvalue weighted by atomic mass is 35.5. The van der Waals surface area contributed by atoms with E-state index in [9.17, 15) is 0 Å². The van der Waals surface area contributed by atoms with E-state index in [4.69, 9.17) is 17.3 Å². The van der Waals surface area contributed by atoms with Crippen LogP contribution in [0.15, 0.2) is 29.3 Å². The molecule has 4 nitrogen and oxygen atoms in total. The predicted molar refractivity (Wildman–Crippen MR) is 84.4 cm³/mol. The molecule has 3 rings (SSSR count). The first-order valence-electron chi connectivity index (χ1n) is 7.24. The second-order valence-electron chi connectivity index (χ2n) is 5.65. The minimum atomic E-state index is 0.0257. The van der Waals surface area contributed by atoms with Gasteiger partial charge in [-0.1, -0.05) is 18.5 Å². The van der Waals surface area contributed by atoms with E-state index in [1.165, 1.54) is 0 Å². The summed E-state index contributed by atoms with van der Waals surface area (Å²) >= 11 is 6.00. The van der Waals surface area contributed by atoms with Gasteiger partial charge >= 0.3 is 0 Å². The third-order valence-corrected chi connectivity index (χ3v) is 4.90. The highest BCUT2D eigenvalue weighted by Crippen LogP contribution is 2.40. The largest absolute Gasteiger partial charge is 0.369 e. The zero-order chi connectivity index (χ0) is 14.2. The van der Waals surface area contributed by atoms with Crippen molar-refractivity contribution in [1.82, 2.24) is 5.32 Å². The number of piperidine rings is 1. The van der Waals surface area contributed by atoms with Gasteiger partial charge in [-0.25, -0.2) is 0 Å². The summed E-state index contributed by atoms with van der Waals surface area (Å²) in [5.41, 5.74) is 7.31. The van der Waals surface area contributed by atoms with Crippen molar-refractivity contribution in [3.63, 3.8) is 0 Å². The fourth-order valence-electron chi connectivity index (χ4n) is 3.57. The number of anilines is 1. The Hall–Kier alpha value is -1.26. The van der Waals surface area contributed by atoms with E-state index < -0.39 is 0 Å². The fraction of sp³-hybridized carbons (Fsp3) is 0.533. The normalized spacial score (nSPS) is 29.8. The van der Waals surface area contributed by atoms with Crippen LogP contribution in [0.4, 0.5) is 5.69 Å². The maximum absolute atomic E-state index is 6.19. The number of rotatable bonds is 2. The van der Waals surface area contributed by atoms with Crippen LogP contribution in [0.5, 0.6) is 0 Å². The Bertz CT molecular complexity index is 513. The van der Waals surface area contributed by atoms with Crippen LogP contribution in [0.2, 0.25) is 5.02 Å². The van der Waals surface area contributed by atoms with Crippen molar-refractivity contribution in [2.45, 2.75) is 25.3 Å². The van der Waals surface area contributed by atoms with Crippen LogP contribution in [0.3, 0.4) is 0 Å². The second-order valence-corrected chi connectivity index (χ2v) is 6.09. The molecule has 2 atom stereocenters. The number of nitrogens with one attached hydrogen (secondary N) is 1. The zero-order valence-electron chi connectivity index (χ0n) is 11.8. The number of hydrogen-bond donors (Lipinski definition) is 2. The lowest BCUT2D eigenvalue weighted by Gasteiger charge is -2.47. The lowest BCUT2D eigenvalue weighted by Crippen LogP contribution is -2.62. The molecule has 2 unspecified atom stereocenters. The molecule has 20 heavy (non-hydrogen) atoms. The predicted octanol–water partition coefficient (Wildman–Crippen LogP) is 2.23. The van der Waals surface area contributed by atoms with Crippen molar-refractivity contribution in [1.29, 1.82) is 0 Å². The minimum absolute atomic E-state index is 0.0257. The number of aliphatic imine (C=N–C) groups is 1. The standard InChI is InChI=1S/C15H21ClN4/c1-2-11-9-18-8-7-15(11)10-19-14(17)20(15)13-5-3-12(16)4-6-13/h3-6,11,18H,2,7-10H2,1H3,(H2,17,19). The van der Waals surface area contributed by atoms with Crippen molar-refractivity contribution < 1.29 is 0 Å². The van der Waals surface area contributed by atoms with Crippen LogP contribution in [-0.2, 0) is 0 Å². The first-order valence-corrected chi connectivity index (χ1v) is 7.61. The van der Waals surface area contributed by atoms with Gasteiger partial charge in [0.25, 0.3) is 0 Å². The lowest BCUT2D eigenvalue weighted by molar-refractivity contribution is 0.217. The molecule has 0 aliphatic carbocycles. The lowest BCUT2D eigenvalue weighted by atomic mass is 9.76. The molecular weight excluding hydrogens is 272 g/mol. The third-order valence-electron chi connectivity index (χ3n) is 4.65. The van der Waals surface area contributed by atoms with E-state index in [-0.39, 0.29) is 5.54 Å². The van der Waals surface area contributed by atoms with Gasteiger partial charge in [0.2, 0.25) is 0 Å². The monoisotopic (exact) mass is 292 g/mol. The molecule has 0 bridgehead atoms.